The van der Waals surface area contributed by atoms with E-state index in [1.807, 2.05) is 25.1 Å². The number of hydrogen-bond acceptors (Lipinski definition) is 2. The van der Waals surface area contributed by atoms with Crippen molar-refractivity contribution in [3.63, 3.8) is 0 Å². The number of allylic oxidation sites excluding steroid dienone is 1. The van der Waals surface area contributed by atoms with Crippen molar-refractivity contribution in [3.05, 3.63) is 40.9 Å². The normalized spacial score (nSPS) is 13.1. The van der Waals surface area contributed by atoms with Crippen molar-refractivity contribution in [1.82, 2.24) is 0 Å². The fraction of sp³-hybridized carbons (Fsp3) is 0.333. The summed E-state index contributed by atoms with van der Waals surface area (Å²) in [4.78, 5) is 0. The van der Waals surface area contributed by atoms with Gasteiger partial charge in [-0.05, 0) is 31.5 Å². The monoisotopic (exact) mass is 226 g/mol. The fourth-order valence-corrected chi connectivity index (χ4v) is 1.37. The van der Waals surface area contributed by atoms with Gasteiger partial charge >= 0.3 is 0 Å². The first-order valence-corrected chi connectivity index (χ1v) is 5.24. The van der Waals surface area contributed by atoms with E-state index in [0.717, 1.165) is 5.56 Å². The average Bonchev–Trinajstić information content (AvgIpc) is 2.20. The third kappa shape index (κ3) is 3.57. The first-order valence-electron chi connectivity index (χ1n) is 4.86. The molecule has 1 N–H and O–H groups in total. The summed E-state index contributed by atoms with van der Waals surface area (Å²) in [5.74, 6) is 0.638. The van der Waals surface area contributed by atoms with Gasteiger partial charge in [0, 0.05) is 0 Å². The van der Waals surface area contributed by atoms with Crippen LogP contribution >= 0.6 is 11.6 Å². The molecular formula is C12H15ClO2. The van der Waals surface area contributed by atoms with Gasteiger partial charge in [0.1, 0.15) is 12.4 Å². The van der Waals surface area contributed by atoms with E-state index in [0.29, 0.717) is 17.4 Å². The van der Waals surface area contributed by atoms with Gasteiger partial charge in [0.05, 0.1) is 11.1 Å². The molecule has 0 amide bonds. The van der Waals surface area contributed by atoms with Crippen LogP contribution < -0.4 is 4.74 Å². The number of aliphatic hydroxyl groups excluding tert-OH is 1. The summed E-state index contributed by atoms with van der Waals surface area (Å²) in [6.07, 6.45) is 3.31. The largest absolute Gasteiger partial charge is 0.488 e. The molecule has 0 radical (unpaired) electrons. The van der Waals surface area contributed by atoms with Gasteiger partial charge in [-0.2, -0.15) is 0 Å². The Hall–Kier alpha value is -0.990. The number of ether oxygens (including phenoxy) is 1. The summed E-state index contributed by atoms with van der Waals surface area (Å²) in [5, 5.41) is 9.87. The molecule has 1 aromatic carbocycles. The van der Waals surface area contributed by atoms with E-state index in [2.05, 4.69) is 0 Å². The van der Waals surface area contributed by atoms with E-state index in [1.165, 1.54) is 0 Å². The quantitative estimate of drug-likeness (QED) is 0.798. The van der Waals surface area contributed by atoms with E-state index < -0.39 is 6.10 Å². The van der Waals surface area contributed by atoms with Gasteiger partial charge < -0.3 is 9.84 Å². The lowest BCUT2D eigenvalue weighted by Crippen LogP contribution is -1.96. The second-order valence-electron chi connectivity index (χ2n) is 3.25. The highest BCUT2D eigenvalue weighted by Crippen LogP contribution is 2.27. The van der Waals surface area contributed by atoms with Crippen molar-refractivity contribution in [1.29, 1.82) is 0 Å². The highest BCUT2D eigenvalue weighted by molar-refractivity contribution is 6.32. The number of benzene rings is 1. The summed E-state index contributed by atoms with van der Waals surface area (Å²) in [5.41, 5.74) is 0.790. The number of rotatable bonds is 4. The highest BCUT2D eigenvalue weighted by Gasteiger charge is 2.05. The van der Waals surface area contributed by atoms with E-state index in [-0.39, 0.29) is 0 Å². The third-order valence-corrected chi connectivity index (χ3v) is 2.30. The molecule has 0 spiro atoms. The Balaban J connectivity index is 2.74. The van der Waals surface area contributed by atoms with E-state index in [1.54, 1.807) is 19.1 Å². The van der Waals surface area contributed by atoms with Gasteiger partial charge in [0.25, 0.3) is 0 Å². The Morgan fingerprint density at radius 1 is 1.53 bits per heavy atom. The van der Waals surface area contributed by atoms with Gasteiger partial charge in [-0.1, -0.05) is 29.8 Å². The molecule has 0 aliphatic carbocycles. The third-order valence-electron chi connectivity index (χ3n) is 2.01. The number of hydrogen-bond donors (Lipinski definition) is 1. The summed E-state index contributed by atoms with van der Waals surface area (Å²) in [6.45, 7) is 4.14. The van der Waals surface area contributed by atoms with Gasteiger partial charge in [-0.25, -0.2) is 0 Å². The van der Waals surface area contributed by atoms with Crippen LogP contribution in [0.4, 0.5) is 0 Å². The van der Waals surface area contributed by atoms with Crippen LogP contribution in [0.25, 0.3) is 0 Å². The average molecular weight is 227 g/mol. The fourth-order valence-electron chi connectivity index (χ4n) is 1.13. The molecule has 0 heterocycles. The minimum Gasteiger partial charge on any atom is -0.488 e. The molecule has 15 heavy (non-hydrogen) atoms. The van der Waals surface area contributed by atoms with Crippen molar-refractivity contribution in [2.75, 3.05) is 6.61 Å². The molecule has 0 saturated heterocycles. The minimum atomic E-state index is -0.507. The molecule has 0 aromatic heterocycles. The Labute approximate surface area is 95.1 Å². The van der Waals surface area contributed by atoms with Crippen molar-refractivity contribution in [2.24, 2.45) is 0 Å². The second-order valence-corrected chi connectivity index (χ2v) is 3.65. The molecule has 1 rings (SSSR count). The van der Waals surface area contributed by atoms with Gasteiger partial charge in [-0.3, -0.25) is 0 Å². The van der Waals surface area contributed by atoms with Gasteiger partial charge in [0.2, 0.25) is 0 Å². The lowest BCUT2D eigenvalue weighted by atomic mass is 10.1. The van der Waals surface area contributed by atoms with Crippen LogP contribution in [0, 0.1) is 0 Å². The predicted octanol–water partition coefficient (Wildman–Crippen LogP) is 3.35. The van der Waals surface area contributed by atoms with Crippen LogP contribution in [0.15, 0.2) is 30.4 Å². The zero-order valence-electron chi connectivity index (χ0n) is 8.90. The van der Waals surface area contributed by atoms with Crippen LogP contribution in [0.5, 0.6) is 5.75 Å². The Morgan fingerprint density at radius 2 is 2.27 bits per heavy atom. The molecule has 82 valence electrons. The Morgan fingerprint density at radius 3 is 2.80 bits per heavy atom. The van der Waals surface area contributed by atoms with Crippen molar-refractivity contribution >= 4 is 11.6 Å². The van der Waals surface area contributed by atoms with E-state index in [9.17, 15) is 5.11 Å². The molecule has 3 heteroatoms. The summed E-state index contributed by atoms with van der Waals surface area (Å²) >= 11 is 5.99. The topological polar surface area (TPSA) is 29.5 Å². The van der Waals surface area contributed by atoms with Crippen LogP contribution in [0.1, 0.15) is 25.5 Å². The first kappa shape index (κ1) is 12.1. The molecule has 0 unspecified atom stereocenters. The van der Waals surface area contributed by atoms with Crippen molar-refractivity contribution < 1.29 is 9.84 Å². The molecule has 0 aliphatic heterocycles. The SMILES string of the molecule is C/C=C/COc1ccc([C@H](C)O)cc1Cl. The second kappa shape index (κ2) is 5.79. The standard InChI is InChI=1S/C12H15ClO2/c1-3-4-7-15-12-6-5-10(9(2)14)8-11(12)13/h3-6,8-9,14H,7H2,1-2H3/b4-3+/t9-/m0/s1. The molecule has 0 bridgehead atoms. The first-order chi connectivity index (χ1) is 7.15. The maximum Gasteiger partial charge on any atom is 0.138 e. The summed E-state index contributed by atoms with van der Waals surface area (Å²) < 4.78 is 5.41. The summed E-state index contributed by atoms with van der Waals surface area (Å²) in [7, 11) is 0. The lowest BCUT2D eigenvalue weighted by molar-refractivity contribution is 0.199. The predicted molar refractivity (Wildman–Crippen MR) is 62.4 cm³/mol. The molecule has 0 aliphatic rings. The molecular weight excluding hydrogens is 212 g/mol. The zero-order chi connectivity index (χ0) is 11.3. The zero-order valence-corrected chi connectivity index (χ0v) is 9.66. The maximum absolute atomic E-state index is 9.34. The molecule has 2 nitrogen and oxygen atoms in total. The highest BCUT2D eigenvalue weighted by atomic mass is 35.5. The van der Waals surface area contributed by atoms with Crippen molar-refractivity contribution in [3.8, 4) is 5.75 Å². The van der Waals surface area contributed by atoms with E-state index >= 15 is 0 Å². The Bertz CT molecular complexity index is 345. The smallest absolute Gasteiger partial charge is 0.138 e. The van der Waals surface area contributed by atoms with Crippen molar-refractivity contribution in [2.45, 2.75) is 20.0 Å². The summed E-state index contributed by atoms with van der Waals surface area (Å²) in [6, 6.07) is 5.30. The number of aliphatic hydroxyl groups is 1. The van der Waals surface area contributed by atoms with Crippen LogP contribution in [0.2, 0.25) is 5.02 Å². The maximum atomic E-state index is 9.34. The molecule has 0 saturated carbocycles. The van der Waals surface area contributed by atoms with E-state index in [4.69, 9.17) is 16.3 Å². The van der Waals surface area contributed by atoms with Gasteiger partial charge in [0.15, 0.2) is 0 Å². The van der Waals surface area contributed by atoms with Crippen LogP contribution in [-0.2, 0) is 0 Å². The van der Waals surface area contributed by atoms with Crippen LogP contribution in [-0.4, -0.2) is 11.7 Å². The minimum absolute atomic E-state index is 0.504. The van der Waals surface area contributed by atoms with Gasteiger partial charge in [-0.15, -0.1) is 0 Å². The number of halogens is 1. The Kier molecular flexibility index (Phi) is 4.66. The molecule has 1 atom stereocenters. The molecule has 0 fully saturated rings. The lowest BCUT2D eigenvalue weighted by Gasteiger charge is -2.09. The molecule has 1 aromatic rings. The van der Waals surface area contributed by atoms with Crippen LogP contribution in [0.3, 0.4) is 0 Å².